The van der Waals surface area contributed by atoms with Crippen LogP contribution in [0.25, 0.3) is 0 Å². The van der Waals surface area contributed by atoms with E-state index in [0.717, 1.165) is 37.3 Å². The van der Waals surface area contributed by atoms with Crippen LogP contribution in [0.5, 0.6) is 0 Å². The van der Waals surface area contributed by atoms with Gasteiger partial charge in [-0.1, -0.05) is 26.8 Å². The van der Waals surface area contributed by atoms with Crippen molar-refractivity contribution in [1.29, 1.82) is 0 Å². The van der Waals surface area contributed by atoms with Crippen molar-refractivity contribution in [3.05, 3.63) is 29.3 Å². The van der Waals surface area contributed by atoms with Crippen LogP contribution >= 0.6 is 0 Å². The molecule has 1 aromatic carbocycles. The highest BCUT2D eigenvalue weighted by Gasteiger charge is 2.27. The number of methoxy groups -OCH3 is 1. The number of aryl methyl sites for hydroxylation is 1. The fourth-order valence-corrected chi connectivity index (χ4v) is 4.30. The van der Waals surface area contributed by atoms with Gasteiger partial charge in [-0.2, -0.15) is 15.0 Å². The molecule has 1 aliphatic heterocycles. The number of rotatable bonds is 10. The molecule has 2 atom stereocenters. The number of aromatic nitrogens is 3. The van der Waals surface area contributed by atoms with Crippen LogP contribution in [0.4, 0.5) is 23.5 Å². The first-order valence-corrected chi connectivity index (χ1v) is 12.1. The second-order valence-electron chi connectivity index (χ2n) is 10.6. The summed E-state index contributed by atoms with van der Waals surface area (Å²) in [4.78, 5) is 30.2. The maximum atomic E-state index is 11.7. The Bertz CT molecular complexity index is 1020. The van der Waals surface area contributed by atoms with Gasteiger partial charge in [-0.25, -0.2) is 0 Å². The van der Waals surface area contributed by atoms with Gasteiger partial charge in [0, 0.05) is 57.1 Å². The van der Waals surface area contributed by atoms with E-state index >= 15 is 0 Å². The summed E-state index contributed by atoms with van der Waals surface area (Å²) in [6.45, 7) is 14.0. The van der Waals surface area contributed by atoms with Crippen molar-refractivity contribution in [3.8, 4) is 0 Å². The number of carbonyl (C=O) groups is 1. The van der Waals surface area contributed by atoms with Gasteiger partial charge >= 0.3 is 0 Å². The zero-order valence-electron chi connectivity index (χ0n) is 22.1. The topological polar surface area (TPSA) is 122 Å². The molecule has 0 saturated carbocycles. The second kappa shape index (κ2) is 11.2. The van der Waals surface area contributed by atoms with Gasteiger partial charge in [0.2, 0.25) is 23.8 Å². The fourth-order valence-electron chi connectivity index (χ4n) is 4.30. The highest BCUT2D eigenvalue weighted by Crippen LogP contribution is 2.24. The third-order valence-corrected chi connectivity index (χ3v) is 6.03. The van der Waals surface area contributed by atoms with E-state index in [2.05, 4.69) is 53.2 Å². The summed E-state index contributed by atoms with van der Waals surface area (Å²) >= 11 is 0. The second-order valence-corrected chi connectivity index (χ2v) is 10.6. The van der Waals surface area contributed by atoms with E-state index in [9.17, 15) is 4.79 Å². The van der Waals surface area contributed by atoms with Crippen LogP contribution in [0, 0.1) is 12.3 Å². The number of nitrogens with one attached hydrogen (secondary N) is 2. The van der Waals surface area contributed by atoms with Crippen molar-refractivity contribution in [2.75, 3.05) is 55.9 Å². The van der Waals surface area contributed by atoms with E-state index in [1.807, 2.05) is 24.9 Å². The van der Waals surface area contributed by atoms with Crippen LogP contribution < -0.4 is 21.3 Å². The number of nitrogens with zero attached hydrogens (tertiary/aromatic N) is 5. The van der Waals surface area contributed by atoms with Crippen molar-refractivity contribution in [3.63, 3.8) is 0 Å². The van der Waals surface area contributed by atoms with Gasteiger partial charge in [0.15, 0.2) is 0 Å². The first-order chi connectivity index (χ1) is 16.4. The van der Waals surface area contributed by atoms with Crippen LogP contribution in [-0.2, 0) is 4.74 Å². The molecule has 1 aromatic heterocycles. The molecule has 0 aliphatic carbocycles. The number of amides is 1. The van der Waals surface area contributed by atoms with Crippen LogP contribution in [0.15, 0.2) is 18.2 Å². The maximum Gasteiger partial charge on any atom is 0.248 e. The molecule has 10 heteroatoms. The van der Waals surface area contributed by atoms with Crippen molar-refractivity contribution < 1.29 is 9.53 Å². The van der Waals surface area contributed by atoms with Crippen LogP contribution in [0.3, 0.4) is 0 Å². The molecule has 4 N–H and O–H groups in total. The van der Waals surface area contributed by atoms with Gasteiger partial charge in [-0.05, 0) is 43.4 Å². The number of nitrogens with two attached hydrogens (primary N) is 1. The number of ether oxygens (including phenoxy) is 1. The highest BCUT2D eigenvalue weighted by atomic mass is 16.5. The van der Waals surface area contributed by atoms with Gasteiger partial charge < -0.3 is 26.0 Å². The van der Waals surface area contributed by atoms with Gasteiger partial charge in [-0.15, -0.1) is 0 Å². The molecule has 192 valence electrons. The molecule has 3 rings (SSSR count). The number of likely N-dealkylation sites (tertiary alicyclic amines) is 1. The SMILES string of the molecule is COCC(C)N1CC[C@H](Nc2nc(Nc3cc(C(N)=O)ccc3C)nc(N(C)CC(C)(C)C)n2)C1. The molecule has 10 nitrogen and oxygen atoms in total. The Kier molecular flexibility index (Phi) is 8.50. The van der Waals surface area contributed by atoms with Crippen molar-refractivity contribution >= 4 is 29.4 Å². The number of hydrogen-bond donors (Lipinski definition) is 3. The minimum Gasteiger partial charge on any atom is -0.383 e. The molecule has 2 heterocycles. The standard InChI is InChI=1S/C25H40N8O2/c1-16-8-9-18(21(26)34)12-20(16)28-23-29-22(30-24(31-23)32(6)15-25(3,4)5)27-19-10-11-33(13-19)17(2)14-35-7/h8-9,12,17,19H,10-11,13-15H2,1-7H3,(H2,26,34)(H2,27,28,29,30,31)/t17?,19-/m0/s1. The lowest BCUT2D eigenvalue weighted by molar-refractivity contribution is 0.100. The molecule has 1 aliphatic rings. The van der Waals surface area contributed by atoms with Gasteiger partial charge in [0.1, 0.15) is 0 Å². The molecule has 2 aromatic rings. The van der Waals surface area contributed by atoms with E-state index in [4.69, 9.17) is 15.5 Å². The first-order valence-electron chi connectivity index (χ1n) is 12.1. The maximum absolute atomic E-state index is 11.7. The van der Waals surface area contributed by atoms with Crippen LogP contribution in [0.2, 0.25) is 0 Å². The van der Waals surface area contributed by atoms with E-state index < -0.39 is 5.91 Å². The molecular formula is C25H40N8O2. The summed E-state index contributed by atoms with van der Waals surface area (Å²) in [6.07, 6.45) is 0.995. The third-order valence-electron chi connectivity index (χ3n) is 6.03. The van der Waals surface area contributed by atoms with Crippen LogP contribution in [0.1, 0.15) is 50.0 Å². The number of carbonyl (C=O) groups excluding carboxylic acids is 1. The minimum absolute atomic E-state index is 0.0679. The number of hydrogen-bond acceptors (Lipinski definition) is 9. The molecular weight excluding hydrogens is 444 g/mol. The fraction of sp³-hybridized carbons (Fsp3) is 0.600. The number of primary amides is 1. The lowest BCUT2D eigenvalue weighted by atomic mass is 9.96. The normalized spacial score (nSPS) is 17.3. The summed E-state index contributed by atoms with van der Waals surface area (Å²) in [7, 11) is 3.72. The average Bonchev–Trinajstić information content (AvgIpc) is 3.22. The van der Waals surface area contributed by atoms with E-state index in [-0.39, 0.29) is 11.5 Å². The highest BCUT2D eigenvalue weighted by molar-refractivity contribution is 5.94. The molecule has 0 radical (unpaired) electrons. The molecule has 1 amide bonds. The Labute approximate surface area is 208 Å². The number of anilines is 4. The first kappa shape index (κ1) is 26.6. The Morgan fingerprint density at radius 3 is 2.66 bits per heavy atom. The lowest BCUT2D eigenvalue weighted by Gasteiger charge is -2.27. The molecule has 1 saturated heterocycles. The summed E-state index contributed by atoms with van der Waals surface area (Å²) in [5, 5.41) is 6.78. The average molecular weight is 485 g/mol. The number of benzene rings is 1. The smallest absolute Gasteiger partial charge is 0.248 e. The zero-order chi connectivity index (χ0) is 25.8. The predicted molar refractivity (Wildman–Crippen MR) is 140 cm³/mol. The zero-order valence-corrected chi connectivity index (χ0v) is 22.1. The largest absolute Gasteiger partial charge is 0.383 e. The Morgan fingerprint density at radius 2 is 2.00 bits per heavy atom. The quantitative estimate of drug-likeness (QED) is 0.467. The van der Waals surface area contributed by atoms with Crippen molar-refractivity contribution in [2.24, 2.45) is 11.1 Å². The summed E-state index contributed by atoms with van der Waals surface area (Å²) in [5.41, 5.74) is 7.65. The third kappa shape index (κ3) is 7.50. The molecule has 0 spiro atoms. The minimum atomic E-state index is -0.481. The predicted octanol–water partition coefficient (Wildman–Crippen LogP) is 3.03. The van der Waals surface area contributed by atoms with Gasteiger partial charge in [0.05, 0.1) is 6.61 Å². The monoisotopic (exact) mass is 484 g/mol. The Morgan fingerprint density at radius 1 is 1.29 bits per heavy atom. The van der Waals surface area contributed by atoms with Crippen molar-refractivity contribution in [2.45, 2.75) is 53.1 Å². The van der Waals surface area contributed by atoms with E-state index in [1.54, 1.807) is 19.2 Å². The summed E-state index contributed by atoms with van der Waals surface area (Å²) < 4.78 is 5.32. The molecule has 0 bridgehead atoms. The Hall–Kier alpha value is -2.98. The van der Waals surface area contributed by atoms with Crippen LogP contribution in [-0.4, -0.2) is 78.2 Å². The molecule has 35 heavy (non-hydrogen) atoms. The summed E-state index contributed by atoms with van der Waals surface area (Å²) in [6, 6.07) is 5.87. The molecule has 1 fully saturated rings. The van der Waals surface area contributed by atoms with E-state index in [1.165, 1.54) is 0 Å². The van der Waals surface area contributed by atoms with E-state index in [0.29, 0.717) is 36.1 Å². The lowest BCUT2D eigenvalue weighted by Crippen LogP contribution is -2.36. The van der Waals surface area contributed by atoms with Gasteiger partial charge in [-0.3, -0.25) is 9.69 Å². The Balaban J connectivity index is 1.87. The van der Waals surface area contributed by atoms with Crippen molar-refractivity contribution in [1.82, 2.24) is 19.9 Å². The molecule has 1 unspecified atom stereocenters. The summed E-state index contributed by atoms with van der Waals surface area (Å²) in [5.74, 6) is 1.02. The van der Waals surface area contributed by atoms with Gasteiger partial charge in [0.25, 0.3) is 0 Å².